The number of carbonyl (C=O) groups is 4. The molecule has 0 aliphatic carbocycles. The van der Waals surface area contributed by atoms with Crippen molar-refractivity contribution >= 4 is 46.2 Å². The van der Waals surface area contributed by atoms with Crippen LogP contribution in [0.5, 0.6) is 11.5 Å². The van der Waals surface area contributed by atoms with Crippen LogP contribution in [0.2, 0.25) is 0 Å². The van der Waals surface area contributed by atoms with E-state index in [1.54, 1.807) is 79.1 Å². The molecule has 4 aromatic rings. The lowest BCUT2D eigenvalue weighted by Crippen LogP contribution is -2.46. The van der Waals surface area contributed by atoms with Crippen molar-refractivity contribution in [3.05, 3.63) is 101 Å². The summed E-state index contributed by atoms with van der Waals surface area (Å²) in [5.41, 5.74) is 1.67. The number of nitrogens with one attached hydrogen (secondary N) is 1. The van der Waals surface area contributed by atoms with Crippen LogP contribution in [0.1, 0.15) is 26.8 Å². The number of methoxy groups -OCH3 is 2. The number of aromatic nitrogens is 1. The van der Waals surface area contributed by atoms with E-state index in [9.17, 15) is 19.2 Å². The molecule has 208 valence electrons. The predicted molar refractivity (Wildman–Crippen MR) is 153 cm³/mol. The lowest BCUT2D eigenvalue weighted by molar-refractivity contribution is -0.138. The number of pyridine rings is 1. The molecule has 5 rings (SSSR count). The Morgan fingerprint density at radius 2 is 1.85 bits per heavy atom. The van der Waals surface area contributed by atoms with Gasteiger partial charge in [0.1, 0.15) is 24.1 Å². The zero-order valence-electron chi connectivity index (χ0n) is 22.3. The van der Waals surface area contributed by atoms with Crippen molar-refractivity contribution in [3.63, 3.8) is 0 Å². The number of carbonyl (C=O) groups excluding carboxylic acids is 4. The highest BCUT2D eigenvalue weighted by Gasteiger charge is 2.39. The number of anilines is 2. The molecule has 1 aliphatic heterocycles. The second-order valence-corrected chi connectivity index (χ2v) is 10.1. The first-order chi connectivity index (χ1) is 19.9. The minimum absolute atomic E-state index is 0.0278. The Bertz CT molecular complexity index is 1590. The Labute approximate surface area is 240 Å². The molecule has 0 spiro atoms. The maximum atomic E-state index is 14.0. The van der Waals surface area contributed by atoms with Gasteiger partial charge in [-0.2, -0.15) is 0 Å². The number of amides is 3. The molecule has 1 unspecified atom stereocenters. The summed E-state index contributed by atoms with van der Waals surface area (Å²) in [6.45, 7) is -0.400. The summed E-state index contributed by atoms with van der Waals surface area (Å²) in [6.07, 6.45) is 3.22. The van der Waals surface area contributed by atoms with Crippen molar-refractivity contribution in [2.45, 2.75) is 12.6 Å². The molecule has 1 N–H and O–H groups in total. The van der Waals surface area contributed by atoms with Crippen LogP contribution < -0.4 is 19.7 Å². The van der Waals surface area contributed by atoms with Crippen molar-refractivity contribution in [1.29, 1.82) is 0 Å². The number of Topliss-reactive ketones (excluding diaryl/α,β-unsaturated/α-hetero) is 1. The average Bonchev–Trinajstić information content (AvgIpc) is 3.61. The number of para-hydroxylation sites is 1. The molecule has 41 heavy (non-hydrogen) atoms. The minimum atomic E-state index is -1.07. The predicted octanol–water partition coefficient (Wildman–Crippen LogP) is 4.10. The highest BCUT2D eigenvalue weighted by Crippen LogP contribution is 2.34. The van der Waals surface area contributed by atoms with Gasteiger partial charge in [-0.1, -0.05) is 24.3 Å². The molecule has 2 aromatic heterocycles. The fraction of sp³-hybridized carbons (Fsp3) is 0.167. The summed E-state index contributed by atoms with van der Waals surface area (Å²) in [4.78, 5) is 60.8. The summed E-state index contributed by atoms with van der Waals surface area (Å²) >= 11 is 1.32. The maximum Gasteiger partial charge on any atom is 0.299 e. The summed E-state index contributed by atoms with van der Waals surface area (Å²) in [7, 11) is 3.00. The van der Waals surface area contributed by atoms with E-state index in [1.807, 2.05) is 5.38 Å². The highest BCUT2D eigenvalue weighted by molar-refractivity contribution is 7.10. The lowest BCUT2D eigenvalue weighted by atomic mass is 10.1. The van der Waals surface area contributed by atoms with Gasteiger partial charge in [0, 0.05) is 29.9 Å². The molecular weight excluding hydrogens is 544 g/mol. The average molecular weight is 571 g/mol. The molecule has 1 atom stereocenters. The number of benzene rings is 2. The van der Waals surface area contributed by atoms with E-state index in [1.165, 1.54) is 30.5 Å². The fourth-order valence-electron chi connectivity index (χ4n) is 4.62. The van der Waals surface area contributed by atoms with Crippen molar-refractivity contribution < 1.29 is 28.7 Å². The highest BCUT2D eigenvalue weighted by atomic mass is 32.1. The molecule has 3 amide bonds. The normalized spacial score (nSPS) is 13.0. The summed E-state index contributed by atoms with van der Waals surface area (Å²) in [5, 5.41) is 4.71. The number of ether oxygens (including phenoxy) is 2. The SMILES string of the molecule is COc1ccc(NC(=O)C(c2cccs2)N(Cc2cccnc2)C(=O)CN2C(=O)C(=O)c3ccccc32)c(OC)c1. The van der Waals surface area contributed by atoms with Crippen molar-refractivity contribution in [1.82, 2.24) is 9.88 Å². The smallest absolute Gasteiger partial charge is 0.299 e. The van der Waals surface area contributed by atoms with Gasteiger partial charge in [-0.25, -0.2) is 0 Å². The monoisotopic (exact) mass is 570 g/mol. The second kappa shape index (κ2) is 12.0. The van der Waals surface area contributed by atoms with Gasteiger partial charge in [-0.3, -0.25) is 29.1 Å². The molecule has 1 aliphatic rings. The first-order valence-corrected chi connectivity index (χ1v) is 13.5. The van der Waals surface area contributed by atoms with Gasteiger partial charge >= 0.3 is 0 Å². The molecule has 3 heterocycles. The number of fused-ring (bicyclic) bond motifs is 1. The molecule has 10 nitrogen and oxygen atoms in total. The van der Waals surface area contributed by atoms with Gasteiger partial charge < -0.3 is 19.7 Å². The van der Waals surface area contributed by atoms with Gasteiger partial charge in [0.05, 0.1) is 31.2 Å². The van der Waals surface area contributed by atoms with Crippen LogP contribution in [0, 0.1) is 0 Å². The van der Waals surface area contributed by atoms with Gasteiger partial charge in [0.15, 0.2) is 0 Å². The number of hydrogen-bond donors (Lipinski definition) is 1. The van der Waals surface area contributed by atoms with Crippen molar-refractivity contribution in [3.8, 4) is 11.5 Å². The van der Waals surface area contributed by atoms with Crippen LogP contribution in [0.15, 0.2) is 84.5 Å². The number of thiophene rings is 1. The third-order valence-corrected chi connectivity index (χ3v) is 7.53. The Morgan fingerprint density at radius 1 is 1.02 bits per heavy atom. The zero-order valence-corrected chi connectivity index (χ0v) is 23.1. The number of hydrogen-bond acceptors (Lipinski definition) is 8. The molecule has 2 aromatic carbocycles. The quantitative estimate of drug-likeness (QED) is 0.285. The number of rotatable bonds is 10. The van der Waals surface area contributed by atoms with E-state index in [4.69, 9.17) is 9.47 Å². The minimum Gasteiger partial charge on any atom is -0.497 e. The molecule has 0 bridgehead atoms. The zero-order chi connectivity index (χ0) is 28.9. The van der Waals surface area contributed by atoms with Crippen LogP contribution >= 0.6 is 11.3 Å². The van der Waals surface area contributed by atoms with Crippen molar-refractivity contribution in [2.24, 2.45) is 0 Å². The standard InChI is InChI=1S/C30H26N4O6S/c1-39-20-11-12-22(24(15-20)40-2)32-29(37)27(25-10-6-14-41-25)34(17-19-7-5-13-31-16-19)26(35)18-33-23-9-4-3-8-21(23)28(36)30(33)38/h3-16,27H,17-18H2,1-2H3,(H,32,37). The summed E-state index contributed by atoms with van der Waals surface area (Å²) in [5.74, 6) is -1.55. The molecule has 0 radical (unpaired) electrons. The van der Waals surface area contributed by atoms with Gasteiger partial charge in [0.25, 0.3) is 17.6 Å². The van der Waals surface area contributed by atoms with E-state index < -0.39 is 36.1 Å². The van der Waals surface area contributed by atoms with Crippen LogP contribution in [0.25, 0.3) is 0 Å². The lowest BCUT2D eigenvalue weighted by Gasteiger charge is -2.32. The van der Waals surface area contributed by atoms with Crippen molar-refractivity contribution in [2.75, 3.05) is 31.0 Å². The fourth-order valence-corrected chi connectivity index (χ4v) is 5.45. The van der Waals surface area contributed by atoms with E-state index in [-0.39, 0.29) is 12.1 Å². The Balaban J connectivity index is 1.51. The first kappa shape index (κ1) is 27.5. The second-order valence-electron chi connectivity index (χ2n) is 9.09. The number of ketones is 1. The van der Waals surface area contributed by atoms with Gasteiger partial charge in [-0.05, 0) is 47.3 Å². The van der Waals surface area contributed by atoms with E-state index in [2.05, 4.69) is 10.3 Å². The topological polar surface area (TPSA) is 118 Å². The molecule has 0 saturated heterocycles. The Kier molecular flexibility index (Phi) is 8.06. The molecule has 0 saturated carbocycles. The molecule has 11 heteroatoms. The van der Waals surface area contributed by atoms with Crippen LogP contribution in [-0.4, -0.2) is 54.2 Å². The van der Waals surface area contributed by atoms with Crippen LogP contribution in [0.4, 0.5) is 11.4 Å². The first-order valence-electron chi connectivity index (χ1n) is 12.6. The third-order valence-electron chi connectivity index (χ3n) is 6.61. The maximum absolute atomic E-state index is 14.0. The Morgan fingerprint density at radius 3 is 2.56 bits per heavy atom. The number of nitrogens with zero attached hydrogens (tertiary/aromatic N) is 3. The summed E-state index contributed by atoms with van der Waals surface area (Å²) < 4.78 is 10.7. The van der Waals surface area contributed by atoms with Gasteiger partial charge in [-0.15, -0.1) is 11.3 Å². The van der Waals surface area contributed by atoms with Gasteiger partial charge in [0.2, 0.25) is 5.91 Å². The van der Waals surface area contributed by atoms with E-state index in [0.717, 1.165) is 4.90 Å². The van der Waals surface area contributed by atoms with E-state index >= 15 is 0 Å². The molecule has 0 fully saturated rings. The van der Waals surface area contributed by atoms with E-state index in [0.29, 0.717) is 33.3 Å². The molecular formula is C30H26N4O6S. The largest absolute Gasteiger partial charge is 0.497 e. The summed E-state index contributed by atoms with van der Waals surface area (Å²) in [6, 6.07) is 17.5. The Hall–Kier alpha value is -5.03. The third kappa shape index (κ3) is 5.66. The van der Waals surface area contributed by atoms with Crippen LogP contribution in [0.3, 0.4) is 0 Å². The van der Waals surface area contributed by atoms with Crippen LogP contribution in [-0.2, 0) is 20.9 Å².